The summed E-state index contributed by atoms with van der Waals surface area (Å²) >= 11 is 0. The molecule has 2 N–H and O–H groups in total. The molecule has 1 aromatic carbocycles. The lowest BCUT2D eigenvalue weighted by atomic mass is 9.85. The third-order valence-electron chi connectivity index (χ3n) is 5.61. The average molecular weight is 300 g/mol. The number of carbonyl (C=O) groups is 1. The van der Waals surface area contributed by atoms with Crippen molar-refractivity contribution in [3.8, 4) is 0 Å². The second-order valence-electron chi connectivity index (χ2n) is 7.10. The first-order chi connectivity index (χ1) is 10.6. The highest BCUT2D eigenvalue weighted by atomic mass is 16.2. The van der Waals surface area contributed by atoms with Crippen molar-refractivity contribution in [2.75, 3.05) is 6.54 Å². The molecule has 22 heavy (non-hydrogen) atoms. The fourth-order valence-corrected chi connectivity index (χ4v) is 4.18. The van der Waals surface area contributed by atoms with E-state index in [0.717, 1.165) is 45.1 Å². The number of hydrogen-bond donors (Lipinski definition) is 1. The monoisotopic (exact) mass is 300 g/mol. The van der Waals surface area contributed by atoms with Crippen LogP contribution in [0.2, 0.25) is 0 Å². The second kappa shape index (κ2) is 6.41. The van der Waals surface area contributed by atoms with Crippen LogP contribution in [0.25, 0.3) is 0 Å². The van der Waals surface area contributed by atoms with Gasteiger partial charge >= 0.3 is 0 Å². The number of hydrogen-bond acceptors (Lipinski definition) is 2. The predicted molar refractivity (Wildman–Crippen MR) is 89.5 cm³/mol. The number of amides is 1. The van der Waals surface area contributed by atoms with Gasteiger partial charge in [-0.2, -0.15) is 0 Å². The smallest absolute Gasteiger partial charge is 0.226 e. The lowest BCUT2D eigenvalue weighted by Crippen LogP contribution is -2.40. The molecule has 0 aromatic heterocycles. The first-order valence-corrected chi connectivity index (χ1v) is 8.70. The molecule has 1 saturated carbocycles. The number of aryl methyl sites for hydroxylation is 1. The van der Waals surface area contributed by atoms with Gasteiger partial charge in [-0.05, 0) is 62.6 Å². The lowest BCUT2D eigenvalue weighted by molar-refractivity contribution is -0.137. The summed E-state index contributed by atoms with van der Waals surface area (Å²) in [6.07, 6.45) is 6.26. The first kappa shape index (κ1) is 15.5. The van der Waals surface area contributed by atoms with Crippen molar-refractivity contribution in [1.29, 1.82) is 0 Å². The Balaban J connectivity index is 1.81. The van der Waals surface area contributed by atoms with Crippen LogP contribution < -0.4 is 5.73 Å². The maximum Gasteiger partial charge on any atom is 0.226 e. The number of likely N-dealkylation sites (tertiary alicyclic amines) is 1. The van der Waals surface area contributed by atoms with E-state index >= 15 is 0 Å². The van der Waals surface area contributed by atoms with E-state index in [1.807, 2.05) is 0 Å². The van der Waals surface area contributed by atoms with Gasteiger partial charge in [0.2, 0.25) is 5.91 Å². The minimum absolute atomic E-state index is 0.148. The highest BCUT2D eigenvalue weighted by Crippen LogP contribution is 2.37. The van der Waals surface area contributed by atoms with Crippen molar-refractivity contribution < 1.29 is 4.79 Å². The van der Waals surface area contributed by atoms with Gasteiger partial charge in [0.05, 0.1) is 6.04 Å². The molecule has 1 aliphatic carbocycles. The molecule has 3 atom stereocenters. The third kappa shape index (κ3) is 2.91. The molecule has 1 saturated heterocycles. The lowest BCUT2D eigenvalue weighted by Gasteiger charge is -2.33. The van der Waals surface area contributed by atoms with E-state index in [9.17, 15) is 4.79 Å². The van der Waals surface area contributed by atoms with E-state index < -0.39 is 0 Å². The van der Waals surface area contributed by atoms with Crippen LogP contribution in [-0.2, 0) is 4.79 Å². The van der Waals surface area contributed by atoms with E-state index in [-0.39, 0.29) is 18.0 Å². The maximum absolute atomic E-state index is 13.0. The summed E-state index contributed by atoms with van der Waals surface area (Å²) in [6, 6.07) is 6.95. The van der Waals surface area contributed by atoms with Crippen LogP contribution >= 0.6 is 0 Å². The topological polar surface area (TPSA) is 46.3 Å². The van der Waals surface area contributed by atoms with Crippen molar-refractivity contribution in [2.45, 2.75) is 64.5 Å². The quantitative estimate of drug-likeness (QED) is 0.909. The maximum atomic E-state index is 13.0. The Kier molecular flexibility index (Phi) is 4.53. The fourth-order valence-electron chi connectivity index (χ4n) is 4.18. The molecule has 120 valence electrons. The molecule has 1 heterocycles. The van der Waals surface area contributed by atoms with Gasteiger partial charge in [0, 0.05) is 18.5 Å². The molecule has 0 spiro atoms. The van der Waals surface area contributed by atoms with Crippen LogP contribution in [0.4, 0.5) is 0 Å². The number of nitrogens with zero attached hydrogens (tertiary/aromatic N) is 1. The van der Waals surface area contributed by atoms with Crippen molar-refractivity contribution in [2.24, 2.45) is 11.7 Å². The Morgan fingerprint density at radius 2 is 2.00 bits per heavy atom. The van der Waals surface area contributed by atoms with Gasteiger partial charge in [-0.3, -0.25) is 4.79 Å². The Bertz CT molecular complexity index is 554. The summed E-state index contributed by atoms with van der Waals surface area (Å²) in [5.41, 5.74) is 10.1. The summed E-state index contributed by atoms with van der Waals surface area (Å²) in [4.78, 5) is 15.1. The molecule has 0 radical (unpaired) electrons. The average Bonchev–Trinajstić information content (AvgIpc) is 2.98. The van der Waals surface area contributed by atoms with E-state index in [1.54, 1.807) is 0 Å². The van der Waals surface area contributed by atoms with Crippen molar-refractivity contribution in [1.82, 2.24) is 4.90 Å². The molecule has 3 nitrogen and oxygen atoms in total. The molecule has 2 fully saturated rings. The van der Waals surface area contributed by atoms with Gasteiger partial charge in [0.1, 0.15) is 0 Å². The van der Waals surface area contributed by atoms with Crippen LogP contribution in [0.15, 0.2) is 18.2 Å². The number of rotatable bonds is 2. The Morgan fingerprint density at radius 3 is 2.77 bits per heavy atom. The SMILES string of the molecule is Cc1cccc(C2CCCN2C(=O)C2CCCC(N)C2)c1C. The molecule has 3 heteroatoms. The molecule has 1 amide bonds. The number of nitrogens with two attached hydrogens (primary N) is 1. The van der Waals surface area contributed by atoms with Crippen molar-refractivity contribution in [3.05, 3.63) is 34.9 Å². The molecule has 0 bridgehead atoms. The zero-order valence-electron chi connectivity index (χ0n) is 13.8. The highest BCUT2D eigenvalue weighted by Gasteiger charge is 2.36. The molecule has 1 aliphatic heterocycles. The van der Waals surface area contributed by atoms with Gasteiger partial charge in [0.15, 0.2) is 0 Å². The second-order valence-corrected chi connectivity index (χ2v) is 7.10. The van der Waals surface area contributed by atoms with Gasteiger partial charge in [0.25, 0.3) is 0 Å². The van der Waals surface area contributed by atoms with Gasteiger partial charge in [-0.15, -0.1) is 0 Å². The molecule has 3 unspecified atom stereocenters. The van der Waals surface area contributed by atoms with Crippen LogP contribution in [-0.4, -0.2) is 23.4 Å². The summed E-state index contributed by atoms with van der Waals surface area (Å²) in [5, 5.41) is 0. The molecule has 3 rings (SSSR count). The Morgan fingerprint density at radius 1 is 1.18 bits per heavy atom. The van der Waals surface area contributed by atoms with Gasteiger partial charge in [-0.25, -0.2) is 0 Å². The largest absolute Gasteiger partial charge is 0.335 e. The molecular weight excluding hydrogens is 272 g/mol. The number of carbonyl (C=O) groups excluding carboxylic acids is 1. The number of benzene rings is 1. The molecular formula is C19H28N2O. The highest BCUT2D eigenvalue weighted by molar-refractivity contribution is 5.80. The zero-order valence-corrected chi connectivity index (χ0v) is 13.8. The van der Waals surface area contributed by atoms with Crippen LogP contribution in [0.3, 0.4) is 0 Å². The third-order valence-corrected chi connectivity index (χ3v) is 5.61. The standard InChI is InChI=1S/C19H28N2O/c1-13-6-3-9-17(14(13)2)18-10-5-11-21(18)19(22)15-7-4-8-16(20)12-15/h3,6,9,15-16,18H,4-5,7-8,10-12,20H2,1-2H3. The summed E-state index contributed by atoms with van der Waals surface area (Å²) in [5.74, 6) is 0.494. The van der Waals surface area contributed by atoms with E-state index in [1.165, 1.54) is 16.7 Å². The van der Waals surface area contributed by atoms with E-state index in [4.69, 9.17) is 5.73 Å². The molecule has 2 aliphatic rings. The van der Waals surface area contributed by atoms with Gasteiger partial charge in [-0.1, -0.05) is 24.6 Å². The van der Waals surface area contributed by atoms with E-state index in [0.29, 0.717) is 5.91 Å². The van der Waals surface area contributed by atoms with Gasteiger partial charge < -0.3 is 10.6 Å². The summed E-state index contributed by atoms with van der Waals surface area (Å²) in [6.45, 7) is 5.24. The van der Waals surface area contributed by atoms with Crippen molar-refractivity contribution >= 4 is 5.91 Å². The molecule has 1 aromatic rings. The summed E-state index contributed by atoms with van der Waals surface area (Å²) in [7, 11) is 0. The normalized spacial score (nSPS) is 28.9. The first-order valence-electron chi connectivity index (χ1n) is 8.70. The van der Waals surface area contributed by atoms with E-state index in [2.05, 4.69) is 36.9 Å². The predicted octanol–water partition coefficient (Wildman–Crippen LogP) is 3.48. The zero-order chi connectivity index (χ0) is 15.7. The summed E-state index contributed by atoms with van der Waals surface area (Å²) < 4.78 is 0. The minimum atomic E-state index is 0.148. The fraction of sp³-hybridized carbons (Fsp3) is 0.632. The van der Waals surface area contributed by atoms with Crippen LogP contribution in [0.5, 0.6) is 0 Å². The van der Waals surface area contributed by atoms with Crippen LogP contribution in [0, 0.1) is 19.8 Å². The Labute approximate surface area is 133 Å². The van der Waals surface area contributed by atoms with Crippen molar-refractivity contribution in [3.63, 3.8) is 0 Å². The minimum Gasteiger partial charge on any atom is -0.335 e. The Hall–Kier alpha value is -1.35. The van der Waals surface area contributed by atoms with Crippen LogP contribution in [0.1, 0.15) is 61.3 Å².